The zero-order valence-corrected chi connectivity index (χ0v) is 15.2. The van der Waals surface area contributed by atoms with E-state index in [4.69, 9.17) is 14.2 Å². The van der Waals surface area contributed by atoms with Crippen molar-refractivity contribution < 1.29 is 28.2 Å². The number of hydrogen-bond acceptors (Lipinski definition) is 5. The van der Waals surface area contributed by atoms with Gasteiger partial charge in [0.2, 0.25) is 0 Å². The topological polar surface area (TPSA) is 73.9 Å². The number of hydrogen-bond donors (Lipinski definition) is 1. The van der Waals surface area contributed by atoms with Gasteiger partial charge in [0.25, 0.3) is 5.91 Å². The van der Waals surface area contributed by atoms with Crippen molar-refractivity contribution in [2.24, 2.45) is 0 Å². The Morgan fingerprint density at radius 1 is 1.15 bits per heavy atom. The third-order valence-electron chi connectivity index (χ3n) is 3.61. The van der Waals surface area contributed by atoms with E-state index < -0.39 is 17.7 Å². The van der Waals surface area contributed by atoms with Gasteiger partial charge < -0.3 is 19.5 Å². The lowest BCUT2D eigenvalue weighted by molar-refractivity contribution is -0.143. The fraction of sp³-hybridized carbons (Fsp3) is 0.222. The lowest BCUT2D eigenvalue weighted by atomic mass is 10.2. The molecule has 0 bridgehead atoms. The highest BCUT2D eigenvalue weighted by Gasteiger charge is 2.16. The maximum Gasteiger partial charge on any atom is 0.325 e. The van der Waals surface area contributed by atoms with Gasteiger partial charge in [0.05, 0.1) is 5.56 Å². The molecule has 1 N–H and O–H groups in total. The van der Waals surface area contributed by atoms with Crippen LogP contribution in [0.3, 0.4) is 0 Å². The molecule has 6 nitrogen and oxygen atoms in total. The van der Waals surface area contributed by atoms with Crippen molar-refractivity contribution in [3.63, 3.8) is 0 Å². The normalized spacial score (nSPS) is 12.4. The first-order valence-electron chi connectivity index (χ1n) is 7.81. The minimum absolute atomic E-state index is 0.00831. The van der Waals surface area contributed by atoms with Crippen LogP contribution in [-0.2, 0) is 16.1 Å². The molecule has 1 amide bonds. The van der Waals surface area contributed by atoms with E-state index in [-0.39, 0.29) is 18.7 Å². The molecule has 2 aromatic carbocycles. The van der Waals surface area contributed by atoms with Crippen LogP contribution in [0.15, 0.2) is 40.9 Å². The fourth-order valence-corrected chi connectivity index (χ4v) is 2.76. The molecule has 1 aliphatic rings. The number of carbonyl (C=O) groups excluding carboxylic acids is 2. The van der Waals surface area contributed by atoms with Crippen molar-refractivity contribution in [2.75, 3.05) is 19.8 Å². The van der Waals surface area contributed by atoms with Crippen LogP contribution in [-0.4, -0.2) is 31.6 Å². The van der Waals surface area contributed by atoms with Crippen molar-refractivity contribution in [3.8, 4) is 11.5 Å². The summed E-state index contributed by atoms with van der Waals surface area (Å²) in [7, 11) is 0. The Morgan fingerprint density at radius 2 is 1.85 bits per heavy atom. The number of rotatable bonds is 5. The summed E-state index contributed by atoms with van der Waals surface area (Å²) in [4.78, 5) is 23.7. The molecule has 3 rings (SSSR count). The van der Waals surface area contributed by atoms with E-state index in [1.165, 1.54) is 24.3 Å². The van der Waals surface area contributed by atoms with Crippen LogP contribution in [0.4, 0.5) is 4.39 Å². The average molecular weight is 424 g/mol. The lowest BCUT2D eigenvalue weighted by Crippen LogP contribution is -2.31. The zero-order chi connectivity index (χ0) is 18.5. The molecule has 136 valence electrons. The van der Waals surface area contributed by atoms with Gasteiger partial charge in [0.15, 0.2) is 11.5 Å². The van der Waals surface area contributed by atoms with Gasteiger partial charge in [0, 0.05) is 10.0 Å². The van der Waals surface area contributed by atoms with Crippen molar-refractivity contribution in [1.82, 2.24) is 5.32 Å². The molecular weight excluding hydrogens is 409 g/mol. The molecule has 1 aliphatic heterocycles. The SMILES string of the molecule is O=C(CNC(=O)c1ccccc1F)OCc1cc2c(cc1Br)OCCO2. The Hall–Kier alpha value is -2.61. The largest absolute Gasteiger partial charge is 0.486 e. The van der Waals surface area contributed by atoms with Gasteiger partial charge in [-0.2, -0.15) is 0 Å². The second kappa shape index (κ2) is 8.18. The summed E-state index contributed by atoms with van der Waals surface area (Å²) < 4.78 is 30.3. The molecule has 0 fully saturated rings. The number of halogens is 2. The highest BCUT2D eigenvalue weighted by Crippen LogP contribution is 2.35. The fourth-order valence-electron chi connectivity index (χ4n) is 2.32. The van der Waals surface area contributed by atoms with Gasteiger partial charge in [-0.1, -0.05) is 28.1 Å². The number of esters is 1. The highest BCUT2D eigenvalue weighted by molar-refractivity contribution is 9.10. The summed E-state index contributed by atoms with van der Waals surface area (Å²) in [6, 6.07) is 9.00. The molecule has 0 unspecified atom stereocenters. The van der Waals surface area contributed by atoms with Crippen LogP contribution in [0.1, 0.15) is 15.9 Å². The van der Waals surface area contributed by atoms with Crippen LogP contribution in [0.2, 0.25) is 0 Å². The Labute approximate surface area is 157 Å². The Bertz CT molecular complexity index is 842. The lowest BCUT2D eigenvalue weighted by Gasteiger charge is -2.19. The number of amides is 1. The van der Waals surface area contributed by atoms with Crippen molar-refractivity contribution in [2.45, 2.75) is 6.61 Å². The standard InChI is InChI=1S/C18H15BrFNO5/c19-13-8-16-15(24-5-6-25-16)7-11(13)10-26-17(22)9-21-18(23)12-3-1-2-4-14(12)20/h1-4,7-8H,5-6,9-10H2,(H,21,23). The van der Waals surface area contributed by atoms with Crippen LogP contribution in [0, 0.1) is 5.82 Å². The van der Waals surface area contributed by atoms with E-state index >= 15 is 0 Å². The summed E-state index contributed by atoms with van der Waals surface area (Å²) in [5.74, 6) is -0.774. The predicted octanol–water partition coefficient (Wildman–Crippen LogP) is 2.83. The Kier molecular flexibility index (Phi) is 5.72. The highest BCUT2D eigenvalue weighted by atomic mass is 79.9. The first-order chi connectivity index (χ1) is 12.5. The van der Waals surface area contributed by atoms with Crippen LogP contribution in [0.5, 0.6) is 11.5 Å². The van der Waals surface area contributed by atoms with Crippen LogP contribution >= 0.6 is 15.9 Å². The van der Waals surface area contributed by atoms with Crippen LogP contribution in [0.25, 0.3) is 0 Å². The molecule has 0 saturated heterocycles. The molecule has 0 saturated carbocycles. The summed E-state index contributed by atoms with van der Waals surface area (Å²) in [5.41, 5.74) is 0.568. The molecule has 0 aliphatic carbocycles. The van der Waals surface area contributed by atoms with E-state index in [1.54, 1.807) is 12.1 Å². The molecule has 26 heavy (non-hydrogen) atoms. The molecule has 8 heteroatoms. The minimum atomic E-state index is -0.680. The first-order valence-corrected chi connectivity index (χ1v) is 8.60. The van der Waals surface area contributed by atoms with Gasteiger partial charge in [-0.15, -0.1) is 0 Å². The molecule has 2 aromatic rings. The van der Waals surface area contributed by atoms with E-state index in [0.717, 1.165) is 0 Å². The number of carbonyl (C=O) groups is 2. The molecular formula is C18H15BrFNO5. The summed E-state index contributed by atoms with van der Waals surface area (Å²) >= 11 is 3.39. The minimum Gasteiger partial charge on any atom is -0.486 e. The zero-order valence-electron chi connectivity index (χ0n) is 13.6. The average Bonchev–Trinajstić information content (AvgIpc) is 2.64. The number of nitrogens with one attached hydrogen (secondary N) is 1. The molecule has 0 aromatic heterocycles. The quantitative estimate of drug-likeness (QED) is 0.748. The third-order valence-corrected chi connectivity index (χ3v) is 4.35. The number of benzene rings is 2. The number of ether oxygens (including phenoxy) is 3. The third kappa shape index (κ3) is 4.32. The number of fused-ring (bicyclic) bond motifs is 1. The molecule has 1 heterocycles. The van der Waals surface area contributed by atoms with Gasteiger partial charge in [-0.05, 0) is 24.3 Å². The Balaban J connectivity index is 1.53. The monoisotopic (exact) mass is 423 g/mol. The summed E-state index contributed by atoms with van der Waals surface area (Å²) in [5, 5.41) is 2.33. The van der Waals surface area contributed by atoms with Crippen molar-refractivity contribution >= 4 is 27.8 Å². The van der Waals surface area contributed by atoms with E-state index in [1.807, 2.05) is 0 Å². The smallest absolute Gasteiger partial charge is 0.325 e. The second-order valence-electron chi connectivity index (χ2n) is 5.41. The second-order valence-corrected chi connectivity index (χ2v) is 6.26. The molecule has 0 atom stereocenters. The Morgan fingerprint density at radius 3 is 2.58 bits per heavy atom. The van der Waals surface area contributed by atoms with Gasteiger partial charge in [-0.25, -0.2) is 4.39 Å². The van der Waals surface area contributed by atoms with Gasteiger partial charge in [0.1, 0.15) is 32.2 Å². The van der Waals surface area contributed by atoms with Crippen molar-refractivity contribution in [1.29, 1.82) is 0 Å². The predicted molar refractivity (Wildman–Crippen MR) is 93.7 cm³/mol. The van der Waals surface area contributed by atoms with Gasteiger partial charge in [-0.3, -0.25) is 9.59 Å². The van der Waals surface area contributed by atoms with E-state index in [0.29, 0.717) is 34.7 Å². The van der Waals surface area contributed by atoms with Crippen LogP contribution < -0.4 is 14.8 Å². The summed E-state index contributed by atoms with van der Waals surface area (Å²) in [6.45, 7) is 0.562. The van der Waals surface area contributed by atoms with E-state index in [9.17, 15) is 14.0 Å². The molecule has 0 radical (unpaired) electrons. The molecule has 0 spiro atoms. The van der Waals surface area contributed by atoms with Crippen molar-refractivity contribution in [3.05, 3.63) is 57.8 Å². The van der Waals surface area contributed by atoms with E-state index in [2.05, 4.69) is 21.2 Å². The maximum atomic E-state index is 13.5. The van der Waals surface area contributed by atoms with Gasteiger partial charge >= 0.3 is 5.97 Å². The first kappa shape index (κ1) is 18.2. The summed E-state index contributed by atoms with van der Waals surface area (Å²) in [6.07, 6.45) is 0. The maximum absolute atomic E-state index is 13.5.